The summed E-state index contributed by atoms with van der Waals surface area (Å²) >= 11 is 0. The van der Waals surface area contributed by atoms with Crippen LogP contribution in [0.15, 0.2) is 90.1 Å². The predicted octanol–water partition coefficient (Wildman–Crippen LogP) is 4.82. The second-order valence-corrected chi connectivity index (χ2v) is 9.36. The number of anilines is 1. The molecule has 1 aliphatic rings. The van der Waals surface area contributed by atoms with Crippen LogP contribution in [0.1, 0.15) is 15.9 Å². The molecule has 6 rings (SSSR count). The van der Waals surface area contributed by atoms with Crippen molar-refractivity contribution in [2.75, 3.05) is 31.2 Å². The van der Waals surface area contributed by atoms with Gasteiger partial charge in [0, 0.05) is 37.5 Å². The van der Waals surface area contributed by atoms with Gasteiger partial charge in [-0.3, -0.25) is 14.2 Å². The number of halogens is 2. The quantitative estimate of drug-likeness (QED) is 0.275. The van der Waals surface area contributed by atoms with Crippen molar-refractivity contribution < 1.29 is 23.0 Å². The number of carbonyl (C=O) groups is 1. The van der Waals surface area contributed by atoms with Gasteiger partial charge in [-0.05, 0) is 60.2 Å². The molecule has 0 bridgehead atoms. The van der Waals surface area contributed by atoms with E-state index in [1.54, 1.807) is 28.9 Å². The highest BCUT2D eigenvalue weighted by Crippen LogP contribution is 2.32. The highest BCUT2D eigenvalue weighted by molar-refractivity contribution is 5.97. The molecule has 8 nitrogen and oxygen atoms in total. The lowest BCUT2D eigenvalue weighted by atomic mass is 10.0. The summed E-state index contributed by atoms with van der Waals surface area (Å²) in [6, 6.07) is 16.3. The van der Waals surface area contributed by atoms with Crippen LogP contribution < -0.4 is 15.2 Å². The lowest BCUT2D eigenvalue weighted by molar-refractivity contribution is 0.0991. The number of hydrogen-bond donors (Lipinski definition) is 0. The van der Waals surface area contributed by atoms with Crippen LogP contribution in [0.25, 0.3) is 11.2 Å². The van der Waals surface area contributed by atoms with E-state index >= 15 is 4.39 Å². The second kappa shape index (κ2) is 10.7. The van der Waals surface area contributed by atoms with E-state index in [4.69, 9.17) is 9.47 Å². The molecule has 1 fully saturated rings. The summed E-state index contributed by atoms with van der Waals surface area (Å²) in [5.41, 5.74) is 1.80. The number of Topliss-reactive ketones (excluding diaryl/α,β-unsaturated/α-hetero) is 1. The highest BCUT2D eigenvalue weighted by Gasteiger charge is 2.18. The molecule has 0 spiro atoms. The fourth-order valence-electron chi connectivity index (χ4n) is 4.71. The van der Waals surface area contributed by atoms with Crippen LogP contribution >= 0.6 is 0 Å². The minimum absolute atomic E-state index is 0.00296. The Morgan fingerprint density at radius 2 is 1.75 bits per heavy atom. The summed E-state index contributed by atoms with van der Waals surface area (Å²) in [5.74, 6) is -1.10. The van der Waals surface area contributed by atoms with Gasteiger partial charge in [0.1, 0.15) is 11.3 Å². The van der Waals surface area contributed by atoms with Gasteiger partial charge in [-0.1, -0.05) is 6.07 Å². The van der Waals surface area contributed by atoms with Crippen molar-refractivity contribution in [2.24, 2.45) is 0 Å². The maximum absolute atomic E-state index is 15.2. The molecule has 5 aromatic rings. The van der Waals surface area contributed by atoms with Crippen molar-refractivity contribution in [3.63, 3.8) is 0 Å². The van der Waals surface area contributed by atoms with E-state index in [-0.39, 0.29) is 17.7 Å². The second-order valence-electron chi connectivity index (χ2n) is 9.36. The summed E-state index contributed by atoms with van der Waals surface area (Å²) < 4.78 is 42.9. The van der Waals surface area contributed by atoms with Gasteiger partial charge < -0.3 is 14.4 Å². The number of benzene rings is 2. The lowest BCUT2D eigenvalue weighted by Gasteiger charge is -2.29. The Morgan fingerprint density at radius 1 is 0.950 bits per heavy atom. The number of carbonyl (C=O) groups excluding carboxylic acids is 1. The molecular formula is C30H24F2N4O4. The van der Waals surface area contributed by atoms with E-state index in [0.29, 0.717) is 35.7 Å². The number of hydrogen-bond acceptors (Lipinski definition) is 6. The zero-order valence-electron chi connectivity index (χ0n) is 21.3. The van der Waals surface area contributed by atoms with Crippen molar-refractivity contribution in [3.8, 4) is 17.2 Å². The van der Waals surface area contributed by atoms with Crippen LogP contribution in [0.3, 0.4) is 0 Å². The van der Waals surface area contributed by atoms with Gasteiger partial charge >= 0.3 is 0 Å². The van der Waals surface area contributed by atoms with Crippen LogP contribution in [-0.2, 0) is 11.2 Å². The monoisotopic (exact) mass is 542 g/mol. The molecule has 0 amide bonds. The number of ketones is 1. The van der Waals surface area contributed by atoms with Gasteiger partial charge in [0.15, 0.2) is 23.1 Å². The minimum atomic E-state index is -0.642. The number of fused-ring (bicyclic) bond motifs is 1. The number of ether oxygens (including phenoxy) is 2. The van der Waals surface area contributed by atoms with E-state index < -0.39 is 23.0 Å². The maximum Gasteiger partial charge on any atom is 0.265 e. The fourth-order valence-corrected chi connectivity index (χ4v) is 4.71. The number of pyridine rings is 2. The number of nitrogens with zero attached hydrogens (tertiary/aromatic N) is 4. The average molecular weight is 543 g/mol. The average Bonchev–Trinajstić information content (AvgIpc) is 3.45. The number of rotatable bonds is 7. The molecular weight excluding hydrogens is 518 g/mol. The molecule has 0 N–H and O–H groups in total. The van der Waals surface area contributed by atoms with E-state index in [1.165, 1.54) is 53.2 Å². The molecule has 3 aromatic heterocycles. The Balaban J connectivity index is 1.22. The van der Waals surface area contributed by atoms with Crippen LogP contribution in [0, 0.1) is 11.6 Å². The predicted molar refractivity (Wildman–Crippen MR) is 145 cm³/mol. The topological polar surface area (TPSA) is 78.1 Å². The third-order valence-electron chi connectivity index (χ3n) is 6.77. The normalized spacial score (nSPS) is 13.5. The van der Waals surface area contributed by atoms with Gasteiger partial charge in [0.05, 0.1) is 36.9 Å². The zero-order chi connectivity index (χ0) is 27.6. The zero-order valence-corrected chi connectivity index (χ0v) is 21.3. The first-order valence-corrected chi connectivity index (χ1v) is 12.7. The number of aromatic nitrogens is 3. The standard InChI is InChI=1S/C30H24F2N4O4/c31-21-4-6-22(7-5-21)35-11-1-2-24(30(35)38)27(37)17-20-3-8-28(25(32)16-20)40-29-18-23(34-12-14-39-15-13-34)19-36-26(29)9-10-33-36/h1-11,16,18-19H,12-15,17H2. The van der Waals surface area contributed by atoms with E-state index in [1.807, 2.05) is 12.3 Å². The van der Waals surface area contributed by atoms with E-state index in [2.05, 4.69) is 10.00 Å². The molecule has 0 atom stereocenters. The molecule has 40 heavy (non-hydrogen) atoms. The van der Waals surface area contributed by atoms with Crippen molar-refractivity contribution >= 4 is 17.0 Å². The first-order valence-electron chi connectivity index (χ1n) is 12.7. The summed E-state index contributed by atoms with van der Waals surface area (Å²) in [5, 5.41) is 4.31. The van der Waals surface area contributed by atoms with Crippen molar-refractivity contribution in [2.45, 2.75) is 6.42 Å². The Kier molecular flexibility index (Phi) is 6.83. The molecule has 0 saturated carbocycles. The SMILES string of the molecule is O=C(Cc1ccc(Oc2cc(N3CCOCC3)cn3nccc23)c(F)c1)c1cccn(-c2ccc(F)cc2)c1=O. The van der Waals surface area contributed by atoms with Crippen LogP contribution in [0.4, 0.5) is 14.5 Å². The molecule has 0 aliphatic carbocycles. The summed E-state index contributed by atoms with van der Waals surface area (Å²) in [4.78, 5) is 28.1. The third kappa shape index (κ3) is 5.08. The summed E-state index contributed by atoms with van der Waals surface area (Å²) in [6.07, 6.45) is 4.86. The van der Waals surface area contributed by atoms with Crippen LogP contribution in [-0.4, -0.2) is 46.3 Å². The minimum Gasteiger partial charge on any atom is -0.452 e. The molecule has 0 unspecified atom stereocenters. The fraction of sp³-hybridized carbons (Fsp3) is 0.167. The Labute approximate surface area is 227 Å². The van der Waals surface area contributed by atoms with Crippen LogP contribution in [0.5, 0.6) is 11.5 Å². The molecule has 0 radical (unpaired) electrons. The van der Waals surface area contributed by atoms with E-state index in [0.717, 1.165) is 18.8 Å². The van der Waals surface area contributed by atoms with Crippen molar-refractivity contribution in [1.29, 1.82) is 0 Å². The smallest absolute Gasteiger partial charge is 0.265 e. The Hall–Kier alpha value is -4.83. The van der Waals surface area contributed by atoms with Crippen molar-refractivity contribution in [1.82, 2.24) is 14.2 Å². The van der Waals surface area contributed by atoms with E-state index in [9.17, 15) is 14.0 Å². The largest absolute Gasteiger partial charge is 0.452 e. The first kappa shape index (κ1) is 25.4. The molecule has 4 heterocycles. The lowest BCUT2D eigenvalue weighted by Crippen LogP contribution is -2.36. The summed E-state index contributed by atoms with van der Waals surface area (Å²) in [7, 11) is 0. The highest BCUT2D eigenvalue weighted by atomic mass is 19.1. The Bertz CT molecular complexity index is 1760. The third-order valence-corrected chi connectivity index (χ3v) is 6.77. The van der Waals surface area contributed by atoms with Gasteiger partial charge in [-0.2, -0.15) is 5.10 Å². The van der Waals surface area contributed by atoms with Gasteiger partial charge in [-0.25, -0.2) is 13.3 Å². The van der Waals surface area contributed by atoms with Gasteiger partial charge in [-0.15, -0.1) is 0 Å². The Morgan fingerprint density at radius 3 is 2.52 bits per heavy atom. The van der Waals surface area contributed by atoms with Crippen LogP contribution in [0.2, 0.25) is 0 Å². The molecule has 1 aliphatic heterocycles. The summed E-state index contributed by atoms with van der Waals surface area (Å²) in [6.45, 7) is 2.68. The maximum atomic E-state index is 15.2. The van der Waals surface area contributed by atoms with Gasteiger partial charge in [0.2, 0.25) is 0 Å². The first-order chi connectivity index (χ1) is 19.5. The van der Waals surface area contributed by atoms with Gasteiger partial charge in [0.25, 0.3) is 5.56 Å². The molecule has 202 valence electrons. The molecule has 1 saturated heterocycles. The van der Waals surface area contributed by atoms with Crippen molar-refractivity contribution in [3.05, 3.63) is 118 Å². The number of morpholine rings is 1. The molecule has 10 heteroatoms. The molecule has 2 aromatic carbocycles.